The van der Waals surface area contributed by atoms with Gasteiger partial charge in [0.25, 0.3) is 0 Å². The molecular formula is C12H6BrF3O3S. The van der Waals surface area contributed by atoms with E-state index in [1.807, 2.05) is 0 Å². The molecule has 0 atom stereocenters. The number of carbonyl (C=O) groups is 1. The number of hydrogen-bond donors (Lipinski definition) is 1. The fourth-order valence-electron chi connectivity index (χ4n) is 1.42. The highest BCUT2D eigenvalue weighted by atomic mass is 79.9. The second-order valence-electron chi connectivity index (χ2n) is 3.69. The average Bonchev–Trinajstić information content (AvgIpc) is 2.79. The van der Waals surface area contributed by atoms with Crippen LogP contribution in [0.1, 0.15) is 15.2 Å². The molecule has 0 unspecified atom stereocenters. The van der Waals surface area contributed by atoms with Gasteiger partial charge in [0.05, 0.1) is 5.56 Å². The van der Waals surface area contributed by atoms with E-state index >= 15 is 0 Å². The summed E-state index contributed by atoms with van der Waals surface area (Å²) in [6.45, 7) is 0. The number of rotatable bonds is 3. The Balaban J connectivity index is 2.35. The van der Waals surface area contributed by atoms with E-state index in [4.69, 9.17) is 9.84 Å². The summed E-state index contributed by atoms with van der Waals surface area (Å²) < 4.78 is 44.0. The van der Waals surface area contributed by atoms with Gasteiger partial charge in [-0.2, -0.15) is 13.2 Å². The number of alkyl halides is 3. The number of carboxylic acid groups (broad SMARTS) is 1. The third-order valence-electron chi connectivity index (χ3n) is 2.26. The molecule has 0 saturated heterocycles. The van der Waals surface area contributed by atoms with E-state index in [2.05, 4.69) is 15.9 Å². The summed E-state index contributed by atoms with van der Waals surface area (Å²) >= 11 is 3.84. The van der Waals surface area contributed by atoms with Crippen LogP contribution in [0.4, 0.5) is 13.2 Å². The van der Waals surface area contributed by atoms with E-state index < -0.39 is 17.7 Å². The Kier molecular flexibility index (Phi) is 4.05. The first-order valence-electron chi connectivity index (χ1n) is 5.14. The lowest BCUT2D eigenvalue weighted by Gasteiger charge is -2.13. The zero-order valence-corrected chi connectivity index (χ0v) is 12.0. The van der Waals surface area contributed by atoms with Crippen molar-refractivity contribution < 1.29 is 27.8 Å². The maximum atomic E-state index is 12.9. The summed E-state index contributed by atoms with van der Waals surface area (Å²) in [6, 6.07) is 4.66. The van der Waals surface area contributed by atoms with Crippen LogP contribution in [0.2, 0.25) is 0 Å². The van der Waals surface area contributed by atoms with Gasteiger partial charge in [-0.15, -0.1) is 11.3 Å². The van der Waals surface area contributed by atoms with Crippen LogP contribution in [0.25, 0.3) is 0 Å². The van der Waals surface area contributed by atoms with Crippen molar-refractivity contribution in [2.75, 3.05) is 0 Å². The fourth-order valence-corrected chi connectivity index (χ4v) is 2.43. The van der Waals surface area contributed by atoms with Gasteiger partial charge in [0.1, 0.15) is 16.4 Å². The predicted octanol–water partition coefficient (Wildman–Crippen LogP) is 5.02. The third-order valence-corrected chi connectivity index (χ3v) is 3.65. The van der Waals surface area contributed by atoms with Crippen molar-refractivity contribution in [2.24, 2.45) is 0 Å². The molecule has 2 rings (SSSR count). The number of ether oxygens (including phenoxy) is 1. The number of aromatic carboxylic acids is 1. The molecule has 0 amide bonds. The Bertz CT molecular complexity index is 652. The van der Waals surface area contributed by atoms with E-state index in [-0.39, 0.29) is 20.8 Å². The lowest BCUT2D eigenvalue weighted by molar-refractivity contribution is -0.138. The molecule has 8 heteroatoms. The molecule has 1 heterocycles. The minimum Gasteiger partial charge on any atom is -0.477 e. The molecule has 0 bridgehead atoms. The van der Waals surface area contributed by atoms with Gasteiger partial charge >= 0.3 is 12.1 Å². The minimum atomic E-state index is -4.56. The highest BCUT2D eigenvalue weighted by Gasteiger charge is 2.34. The molecule has 0 saturated carbocycles. The second kappa shape index (κ2) is 5.45. The standard InChI is InChI=1S/C12H6BrF3O3S/c13-6-1-2-9(8(3-6)12(14,15)16)19-7-4-10(11(17)18)20-5-7/h1-5H,(H,17,18). The second-order valence-corrected chi connectivity index (χ2v) is 5.52. The van der Waals surface area contributed by atoms with Crippen LogP contribution in [0.5, 0.6) is 11.5 Å². The molecule has 0 radical (unpaired) electrons. The van der Waals surface area contributed by atoms with Crippen molar-refractivity contribution >= 4 is 33.2 Å². The zero-order chi connectivity index (χ0) is 14.9. The molecule has 0 spiro atoms. The normalized spacial score (nSPS) is 11.4. The molecule has 0 aliphatic rings. The summed E-state index contributed by atoms with van der Waals surface area (Å²) in [4.78, 5) is 10.7. The third kappa shape index (κ3) is 3.31. The van der Waals surface area contributed by atoms with Crippen LogP contribution in [0.3, 0.4) is 0 Å². The number of halogens is 4. The highest BCUT2D eigenvalue weighted by Crippen LogP contribution is 2.40. The first-order chi connectivity index (χ1) is 9.27. The van der Waals surface area contributed by atoms with Gasteiger partial charge in [0, 0.05) is 15.9 Å². The van der Waals surface area contributed by atoms with Crippen LogP contribution in [0, 0.1) is 0 Å². The van der Waals surface area contributed by atoms with E-state index in [0.717, 1.165) is 17.4 Å². The molecule has 0 aliphatic heterocycles. The van der Waals surface area contributed by atoms with Crippen LogP contribution in [-0.4, -0.2) is 11.1 Å². The maximum absolute atomic E-state index is 12.9. The monoisotopic (exact) mass is 366 g/mol. The molecule has 1 aromatic heterocycles. The van der Waals surface area contributed by atoms with E-state index in [9.17, 15) is 18.0 Å². The van der Waals surface area contributed by atoms with Gasteiger partial charge in [-0.1, -0.05) is 15.9 Å². The van der Waals surface area contributed by atoms with Gasteiger partial charge in [-0.25, -0.2) is 4.79 Å². The summed E-state index contributed by atoms with van der Waals surface area (Å²) in [5.41, 5.74) is -0.935. The number of carboxylic acids is 1. The summed E-state index contributed by atoms with van der Waals surface area (Å²) in [6.07, 6.45) is -4.56. The SMILES string of the molecule is O=C(O)c1cc(Oc2ccc(Br)cc2C(F)(F)F)cs1. The van der Waals surface area contributed by atoms with Crippen molar-refractivity contribution in [3.05, 3.63) is 44.6 Å². The molecule has 20 heavy (non-hydrogen) atoms. The van der Waals surface area contributed by atoms with E-state index in [1.165, 1.54) is 23.6 Å². The Morgan fingerprint density at radius 2 is 2.00 bits per heavy atom. The van der Waals surface area contributed by atoms with Crippen LogP contribution >= 0.6 is 27.3 Å². The molecule has 1 N–H and O–H groups in total. The Morgan fingerprint density at radius 1 is 1.30 bits per heavy atom. The molecular weight excluding hydrogens is 361 g/mol. The summed E-state index contributed by atoms with van der Waals surface area (Å²) in [5.74, 6) is -1.48. The zero-order valence-electron chi connectivity index (χ0n) is 9.57. The lowest BCUT2D eigenvalue weighted by atomic mass is 10.2. The minimum absolute atomic E-state index is 0.00864. The smallest absolute Gasteiger partial charge is 0.420 e. The first kappa shape index (κ1) is 14.9. The predicted molar refractivity (Wildman–Crippen MR) is 70.5 cm³/mol. The van der Waals surface area contributed by atoms with Gasteiger partial charge < -0.3 is 9.84 Å². The molecule has 106 valence electrons. The lowest BCUT2D eigenvalue weighted by Crippen LogP contribution is -2.07. The Morgan fingerprint density at radius 3 is 2.55 bits per heavy atom. The van der Waals surface area contributed by atoms with Crippen LogP contribution < -0.4 is 4.74 Å². The number of hydrogen-bond acceptors (Lipinski definition) is 3. The number of benzene rings is 1. The topological polar surface area (TPSA) is 46.5 Å². The van der Waals surface area contributed by atoms with Crippen molar-refractivity contribution in [3.63, 3.8) is 0 Å². The van der Waals surface area contributed by atoms with Gasteiger partial charge in [0.2, 0.25) is 0 Å². The van der Waals surface area contributed by atoms with Crippen LogP contribution in [-0.2, 0) is 6.18 Å². The Labute approximate surface area is 123 Å². The largest absolute Gasteiger partial charge is 0.477 e. The first-order valence-corrected chi connectivity index (χ1v) is 6.81. The van der Waals surface area contributed by atoms with E-state index in [1.54, 1.807) is 0 Å². The fraction of sp³-hybridized carbons (Fsp3) is 0.0833. The van der Waals surface area contributed by atoms with Gasteiger partial charge in [-0.3, -0.25) is 0 Å². The summed E-state index contributed by atoms with van der Waals surface area (Å²) in [5, 5.41) is 10.1. The van der Waals surface area contributed by atoms with Crippen molar-refractivity contribution in [1.29, 1.82) is 0 Å². The van der Waals surface area contributed by atoms with Crippen LogP contribution in [0.15, 0.2) is 34.1 Å². The molecule has 1 aromatic carbocycles. The number of thiophene rings is 1. The van der Waals surface area contributed by atoms with Crippen molar-refractivity contribution in [1.82, 2.24) is 0 Å². The quantitative estimate of drug-likeness (QED) is 0.829. The molecule has 3 nitrogen and oxygen atoms in total. The van der Waals surface area contributed by atoms with Crippen molar-refractivity contribution in [2.45, 2.75) is 6.18 Å². The molecule has 0 aliphatic carbocycles. The average molecular weight is 367 g/mol. The maximum Gasteiger partial charge on any atom is 0.420 e. The van der Waals surface area contributed by atoms with Crippen molar-refractivity contribution in [3.8, 4) is 11.5 Å². The Hall–Kier alpha value is -1.54. The molecule has 2 aromatic rings. The van der Waals surface area contributed by atoms with Gasteiger partial charge in [-0.05, 0) is 18.2 Å². The highest BCUT2D eigenvalue weighted by molar-refractivity contribution is 9.10. The van der Waals surface area contributed by atoms with Gasteiger partial charge in [0.15, 0.2) is 0 Å². The van der Waals surface area contributed by atoms with E-state index in [0.29, 0.717) is 0 Å². The molecule has 0 fully saturated rings. The summed E-state index contributed by atoms with van der Waals surface area (Å²) in [7, 11) is 0.